The molecule has 1 aromatic rings. The number of amides is 1. The number of carbonyl (C=O) groups is 1. The largest absolute Gasteiger partial charge is 0.444 e. The third kappa shape index (κ3) is 2.54. The molecule has 3 heterocycles. The summed E-state index contributed by atoms with van der Waals surface area (Å²) in [4.78, 5) is 16.7. The average molecular weight is 363 g/mol. The van der Waals surface area contributed by atoms with Crippen LogP contribution in [0.1, 0.15) is 84.4 Å². The van der Waals surface area contributed by atoms with Gasteiger partial charge >= 0.3 is 6.09 Å². The fraction of sp³-hybridized carbons (Fsp3) is 0.842. The van der Waals surface area contributed by atoms with Crippen molar-refractivity contribution in [3.63, 3.8) is 0 Å². The molecule has 2 saturated heterocycles. The number of rotatable bonds is 4. The van der Waals surface area contributed by atoms with Gasteiger partial charge in [-0.1, -0.05) is 19.0 Å². The summed E-state index contributed by atoms with van der Waals surface area (Å²) in [5, 5.41) is 7.04. The molecule has 7 heteroatoms. The number of hydrogen-bond donors (Lipinski definition) is 1. The Kier molecular flexibility index (Phi) is 3.72. The highest BCUT2D eigenvalue weighted by atomic mass is 16.6. The van der Waals surface area contributed by atoms with Gasteiger partial charge in [-0.25, -0.2) is 4.79 Å². The molecule has 7 nitrogen and oxygen atoms in total. The molecule has 2 aliphatic carbocycles. The van der Waals surface area contributed by atoms with Crippen LogP contribution in [0.5, 0.6) is 0 Å². The Hall–Kier alpha value is -1.63. The average Bonchev–Trinajstić information content (AvgIpc) is 3.10. The lowest BCUT2D eigenvalue weighted by molar-refractivity contribution is -0.108. The lowest BCUT2D eigenvalue weighted by atomic mass is 9.51. The molecule has 0 aromatic carbocycles. The van der Waals surface area contributed by atoms with Gasteiger partial charge in [0.2, 0.25) is 5.89 Å². The molecule has 4 fully saturated rings. The predicted molar refractivity (Wildman–Crippen MR) is 93.9 cm³/mol. The van der Waals surface area contributed by atoms with Crippen molar-refractivity contribution in [2.24, 2.45) is 0 Å². The molecule has 1 spiro atoms. The first-order chi connectivity index (χ1) is 12.1. The number of hydrogen-bond acceptors (Lipinski definition) is 6. The van der Waals surface area contributed by atoms with Gasteiger partial charge in [0.15, 0.2) is 5.82 Å². The molecule has 0 atom stereocenters. The highest BCUT2D eigenvalue weighted by Gasteiger charge is 2.78. The van der Waals surface area contributed by atoms with Crippen LogP contribution in [0.25, 0.3) is 0 Å². The summed E-state index contributed by atoms with van der Waals surface area (Å²) in [6.07, 6.45) is 4.41. The van der Waals surface area contributed by atoms with Crippen molar-refractivity contribution in [3.8, 4) is 0 Å². The zero-order chi connectivity index (χ0) is 18.8. The van der Waals surface area contributed by atoms with E-state index >= 15 is 0 Å². The first kappa shape index (κ1) is 17.8. The van der Waals surface area contributed by atoms with E-state index < -0.39 is 11.7 Å². The lowest BCUT2D eigenvalue weighted by Gasteiger charge is -2.48. The Balaban J connectivity index is 1.49. The second kappa shape index (κ2) is 5.44. The van der Waals surface area contributed by atoms with E-state index in [1.807, 2.05) is 20.8 Å². The molecule has 1 N–H and O–H groups in total. The summed E-state index contributed by atoms with van der Waals surface area (Å²) in [7, 11) is 0. The number of alkyl carbamates (subject to hydrolysis) is 1. The Morgan fingerprint density at radius 3 is 2.50 bits per heavy atom. The molecule has 1 aromatic heterocycles. The maximum Gasteiger partial charge on any atom is 0.407 e. The highest BCUT2D eigenvalue weighted by Crippen LogP contribution is 2.72. The van der Waals surface area contributed by atoms with Gasteiger partial charge in [0.1, 0.15) is 5.60 Å². The highest BCUT2D eigenvalue weighted by molar-refractivity contribution is 5.67. The summed E-state index contributed by atoms with van der Waals surface area (Å²) in [5.41, 5.74) is -1.25. The Labute approximate surface area is 154 Å². The van der Waals surface area contributed by atoms with Crippen LogP contribution in [0.4, 0.5) is 4.79 Å². The normalized spacial score (nSPS) is 31.6. The number of nitrogens with zero attached hydrogens (tertiary/aromatic N) is 2. The van der Waals surface area contributed by atoms with Crippen LogP contribution in [0.3, 0.4) is 0 Å². The van der Waals surface area contributed by atoms with Crippen molar-refractivity contribution in [3.05, 3.63) is 11.7 Å². The summed E-state index contributed by atoms with van der Waals surface area (Å²) >= 11 is 0. The Morgan fingerprint density at radius 2 is 2.00 bits per heavy atom. The van der Waals surface area contributed by atoms with Crippen molar-refractivity contribution < 1.29 is 18.8 Å². The number of carbonyl (C=O) groups excluding carboxylic acids is 1. The molecule has 4 aliphatic rings. The fourth-order valence-electron chi connectivity index (χ4n) is 4.75. The van der Waals surface area contributed by atoms with Crippen molar-refractivity contribution in [2.45, 2.75) is 94.9 Å². The number of ether oxygens (including phenoxy) is 2. The Morgan fingerprint density at radius 1 is 1.31 bits per heavy atom. The van der Waals surface area contributed by atoms with E-state index in [9.17, 15) is 4.79 Å². The van der Waals surface area contributed by atoms with Crippen molar-refractivity contribution in [1.29, 1.82) is 0 Å². The Bertz CT molecular complexity index is 709. The molecular formula is C19H29N3O4. The van der Waals surface area contributed by atoms with Gasteiger partial charge in [-0.05, 0) is 52.9 Å². The van der Waals surface area contributed by atoms with Crippen LogP contribution in [0, 0.1) is 0 Å². The standard InChI is InChI=1S/C19H29N3O4/c1-12(2)13-21-14(25-22-13)18-9-17(10-18,26-19(18)7-6-8-19)11-20-15(23)24-16(3,4)5/h12H,6-11H2,1-5H3,(H,20,23). The molecular weight excluding hydrogens is 334 g/mol. The maximum absolute atomic E-state index is 12.0. The summed E-state index contributed by atoms with van der Waals surface area (Å²) in [6, 6.07) is 0. The molecule has 0 radical (unpaired) electrons. The monoisotopic (exact) mass is 363 g/mol. The summed E-state index contributed by atoms with van der Waals surface area (Å²) in [5.74, 6) is 1.70. The molecule has 2 bridgehead atoms. The third-order valence-corrected chi connectivity index (χ3v) is 6.01. The van der Waals surface area contributed by atoms with Crippen LogP contribution in [0.2, 0.25) is 0 Å². The SMILES string of the molecule is CC(C)c1noc(C23CC(CNC(=O)OC(C)(C)C)(C2)OC32CCC2)n1. The summed E-state index contributed by atoms with van der Waals surface area (Å²) < 4.78 is 17.6. The molecule has 144 valence electrons. The number of nitrogens with one attached hydrogen (secondary N) is 1. The predicted octanol–water partition coefficient (Wildman–Crippen LogP) is 3.44. The van der Waals surface area contributed by atoms with Gasteiger partial charge in [0, 0.05) is 5.92 Å². The quantitative estimate of drug-likeness (QED) is 0.882. The van der Waals surface area contributed by atoms with E-state index in [-0.39, 0.29) is 22.5 Å². The van der Waals surface area contributed by atoms with Gasteiger partial charge in [0.25, 0.3) is 0 Å². The second-order valence-corrected chi connectivity index (χ2v) is 9.54. The smallest absolute Gasteiger partial charge is 0.407 e. The first-order valence-corrected chi connectivity index (χ1v) is 9.60. The lowest BCUT2D eigenvalue weighted by Crippen LogP contribution is -2.58. The molecule has 1 amide bonds. The maximum atomic E-state index is 12.0. The van der Waals surface area contributed by atoms with Gasteiger partial charge < -0.3 is 19.3 Å². The fourth-order valence-corrected chi connectivity index (χ4v) is 4.75. The van der Waals surface area contributed by atoms with Gasteiger partial charge in [-0.2, -0.15) is 4.98 Å². The molecule has 2 aliphatic heterocycles. The van der Waals surface area contributed by atoms with Crippen molar-refractivity contribution in [1.82, 2.24) is 15.5 Å². The van der Waals surface area contributed by atoms with Crippen molar-refractivity contribution >= 4 is 6.09 Å². The molecule has 0 unspecified atom stereocenters. The van der Waals surface area contributed by atoms with Crippen LogP contribution >= 0.6 is 0 Å². The van der Waals surface area contributed by atoms with Gasteiger partial charge in [-0.15, -0.1) is 0 Å². The number of aromatic nitrogens is 2. The second-order valence-electron chi connectivity index (χ2n) is 9.54. The molecule has 5 rings (SSSR count). The minimum atomic E-state index is -0.506. The van der Waals surface area contributed by atoms with E-state index in [1.54, 1.807) is 0 Å². The van der Waals surface area contributed by atoms with Gasteiger partial charge in [0.05, 0.1) is 23.2 Å². The molecule has 2 saturated carbocycles. The summed E-state index contributed by atoms with van der Waals surface area (Å²) in [6.45, 7) is 10.2. The van der Waals surface area contributed by atoms with Crippen LogP contribution < -0.4 is 5.32 Å². The van der Waals surface area contributed by atoms with E-state index in [1.165, 1.54) is 0 Å². The van der Waals surface area contributed by atoms with Gasteiger partial charge in [-0.3, -0.25) is 0 Å². The van der Waals surface area contributed by atoms with E-state index in [2.05, 4.69) is 29.3 Å². The minimum absolute atomic E-state index is 0.193. The van der Waals surface area contributed by atoms with E-state index in [0.717, 1.165) is 37.9 Å². The van der Waals surface area contributed by atoms with E-state index in [4.69, 9.17) is 14.0 Å². The first-order valence-electron chi connectivity index (χ1n) is 9.60. The minimum Gasteiger partial charge on any atom is -0.444 e. The topological polar surface area (TPSA) is 86.5 Å². The zero-order valence-corrected chi connectivity index (χ0v) is 16.3. The van der Waals surface area contributed by atoms with Crippen molar-refractivity contribution in [2.75, 3.05) is 6.54 Å². The molecule has 26 heavy (non-hydrogen) atoms. The van der Waals surface area contributed by atoms with Crippen LogP contribution in [0.15, 0.2) is 4.52 Å². The third-order valence-electron chi connectivity index (χ3n) is 6.01. The van der Waals surface area contributed by atoms with Crippen LogP contribution in [-0.2, 0) is 14.9 Å². The van der Waals surface area contributed by atoms with Crippen LogP contribution in [-0.4, -0.2) is 39.6 Å². The zero-order valence-electron chi connectivity index (χ0n) is 16.3. The van der Waals surface area contributed by atoms with E-state index in [0.29, 0.717) is 12.4 Å².